The van der Waals surface area contributed by atoms with E-state index in [0.717, 1.165) is 31.0 Å². The van der Waals surface area contributed by atoms with Gasteiger partial charge in [0.1, 0.15) is 18.8 Å². The molecule has 0 aromatic heterocycles. The van der Waals surface area contributed by atoms with E-state index >= 15 is 0 Å². The highest BCUT2D eigenvalue weighted by Gasteiger charge is 2.41. The molecule has 0 radical (unpaired) electrons. The topological polar surface area (TPSA) is 30.5 Å². The number of hydrogen-bond donors (Lipinski definition) is 1. The summed E-state index contributed by atoms with van der Waals surface area (Å²) in [6, 6.07) is 2.60. The quantitative estimate of drug-likeness (QED) is 0.861. The minimum Gasteiger partial charge on any atom is -0.486 e. The molecular formula is C14H16F3NO2. The molecule has 2 heterocycles. The number of halogens is 3. The highest BCUT2D eigenvalue weighted by Crippen LogP contribution is 2.48. The molecule has 20 heavy (non-hydrogen) atoms. The van der Waals surface area contributed by atoms with Crippen LogP contribution >= 0.6 is 0 Å². The largest absolute Gasteiger partial charge is 0.486 e. The van der Waals surface area contributed by atoms with Crippen LogP contribution in [0.1, 0.15) is 30.9 Å². The van der Waals surface area contributed by atoms with E-state index < -0.39 is 11.7 Å². The molecule has 110 valence electrons. The second-order valence-corrected chi connectivity index (χ2v) is 5.38. The third kappa shape index (κ3) is 2.12. The van der Waals surface area contributed by atoms with Gasteiger partial charge in [-0.15, -0.1) is 0 Å². The number of fused-ring (bicyclic) bond motifs is 1. The van der Waals surface area contributed by atoms with Crippen LogP contribution < -0.4 is 14.8 Å². The predicted octanol–water partition coefficient (Wildman–Crippen LogP) is 3.08. The summed E-state index contributed by atoms with van der Waals surface area (Å²) in [5.41, 5.74) is -0.371. The Morgan fingerprint density at radius 1 is 1.15 bits per heavy atom. The Morgan fingerprint density at radius 2 is 1.85 bits per heavy atom. The molecule has 2 aliphatic rings. The smallest absolute Gasteiger partial charge is 0.420 e. The van der Waals surface area contributed by atoms with Crippen LogP contribution in [0.15, 0.2) is 12.1 Å². The van der Waals surface area contributed by atoms with Crippen LogP contribution in [0.5, 0.6) is 11.5 Å². The lowest BCUT2D eigenvalue weighted by Gasteiger charge is -2.31. The molecule has 6 heteroatoms. The van der Waals surface area contributed by atoms with Crippen molar-refractivity contribution in [2.45, 2.75) is 31.5 Å². The van der Waals surface area contributed by atoms with Crippen LogP contribution in [0, 0.1) is 0 Å². The zero-order valence-electron chi connectivity index (χ0n) is 11.1. The van der Waals surface area contributed by atoms with E-state index in [1.807, 2.05) is 6.92 Å². The predicted molar refractivity (Wildman–Crippen MR) is 67.0 cm³/mol. The Labute approximate surface area is 115 Å². The Kier molecular flexibility index (Phi) is 3.08. The van der Waals surface area contributed by atoms with Crippen LogP contribution in [0.4, 0.5) is 13.2 Å². The van der Waals surface area contributed by atoms with Gasteiger partial charge in [-0.05, 0) is 32.4 Å². The maximum atomic E-state index is 13.0. The minimum atomic E-state index is -4.44. The zero-order valence-corrected chi connectivity index (χ0v) is 11.1. The standard InChI is InChI=1S/C14H16F3NO2/c1-13(5-2-6-18-13)9-3-4-10(14(15,16)17)12-11(9)19-7-8-20-12/h3-4,18H,2,5-8H2,1H3. The monoisotopic (exact) mass is 287 g/mol. The average Bonchev–Trinajstić information content (AvgIpc) is 2.84. The molecule has 0 saturated carbocycles. The number of benzene rings is 1. The molecule has 1 aromatic carbocycles. The molecule has 1 N–H and O–H groups in total. The van der Waals surface area contributed by atoms with E-state index in [1.165, 1.54) is 6.07 Å². The molecule has 1 unspecified atom stereocenters. The van der Waals surface area contributed by atoms with Crippen LogP contribution in [0.2, 0.25) is 0 Å². The van der Waals surface area contributed by atoms with Gasteiger partial charge < -0.3 is 14.8 Å². The third-order valence-corrected chi connectivity index (χ3v) is 3.96. The second kappa shape index (κ2) is 4.55. The second-order valence-electron chi connectivity index (χ2n) is 5.38. The summed E-state index contributed by atoms with van der Waals surface area (Å²) in [5.74, 6) is 0.0687. The molecule has 1 aromatic rings. The Bertz CT molecular complexity index is 522. The SMILES string of the molecule is CC1(c2ccc(C(F)(F)F)c3c2OCCO3)CCCN1. The summed E-state index contributed by atoms with van der Waals surface area (Å²) in [6.07, 6.45) is -2.57. The van der Waals surface area contributed by atoms with Gasteiger partial charge in [0.2, 0.25) is 0 Å². The molecule has 1 atom stereocenters. The number of rotatable bonds is 1. The average molecular weight is 287 g/mol. The number of ether oxygens (including phenoxy) is 2. The normalized spacial score (nSPS) is 25.8. The first-order chi connectivity index (χ1) is 9.42. The van der Waals surface area contributed by atoms with Gasteiger partial charge in [-0.2, -0.15) is 13.2 Å². The van der Waals surface area contributed by atoms with Gasteiger partial charge >= 0.3 is 6.18 Å². The van der Waals surface area contributed by atoms with E-state index in [-0.39, 0.29) is 30.3 Å². The molecule has 2 aliphatic heterocycles. The lowest BCUT2D eigenvalue weighted by atomic mass is 9.88. The fourth-order valence-corrected chi connectivity index (χ4v) is 2.92. The molecular weight excluding hydrogens is 271 g/mol. The van der Waals surface area contributed by atoms with Crippen LogP contribution in [-0.4, -0.2) is 19.8 Å². The van der Waals surface area contributed by atoms with Crippen molar-refractivity contribution < 1.29 is 22.6 Å². The summed E-state index contributed by atoms with van der Waals surface area (Å²) in [6.45, 7) is 3.26. The van der Waals surface area contributed by atoms with E-state index in [1.54, 1.807) is 0 Å². The molecule has 1 saturated heterocycles. The molecule has 0 bridgehead atoms. The fraction of sp³-hybridized carbons (Fsp3) is 0.571. The van der Waals surface area contributed by atoms with Crippen molar-refractivity contribution in [3.8, 4) is 11.5 Å². The Balaban J connectivity index is 2.14. The van der Waals surface area contributed by atoms with E-state index in [9.17, 15) is 13.2 Å². The lowest BCUT2D eigenvalue weighted by Crippen LogP contribution is -2.34. The highest BCUT2D eigenvalue weighted by molar-refractivity contribution is 5.56. The maximum absolute atomic E-state index is 13.0. The molecule has 0 spiro atoms. The summed E-state index contributed by atoms with van der Waals surface area (Å²) < 4.78 is 49.8. The first-order valence-corrected chi connectivity index (χ1v) is 6.67. The zero-order chi connectivity index (χ0) is 14.4. The first-order valence-electron chi connectivity index (χ1n) is 6.67. The van der Waals surface area contributed by atoms with Gasteiger partial charge in [-0.3, -0.25) is 0 Å². The van der Waals surface area contributed by atoms with Crippen molar-refractivity contribution >= 4 is 0 Å². The Morgan fingerprint density at radius 3 is 2.45 bits per heavy atom. The van der Waals surface area contributed by atoms with Crippen molar-refractivity contribution in [3.05, 3.63) is 23.3 Å². The van der Waals surface area contributed by atoms with E-state index in [0.29, 0.717) is 0 Å². The molecule has 0 aliphatic carbocycles. The van der Waals surface area contributed by atoms with Crippen molar-refractivity contribution in [1.82, 2.24) is 5.32 Å². The molecule has 3 nitrogen and oxygen atoms in total. The molecule has 3 rings (SSSR count). The van der Waals surface area contributed by atoms with Crippen molar-refractivity contribution in [2.75, 3.05) is 19.8 Å². The third-order valence-electron chi connectivity index (χ3n) is 3.96. The minimum absolute atomic E-state index is 0.143. The van der Waals surface area contributed by atoms with Gasteiger partial charge in [0.05, 0.1) is 0 Å². The van der Waals surface area contributed by atoms with Crippen molar-refractivity contribution in [1.29, 1.82) is 0 Å². The fourth-order valence-electron chi connectivity index (χ4n) is 2.92. The summed E-state index contributed by atoms with van der Waals surface area (Å²) in [4.78, 5) is 0. The van der Waals surface area contributed by atoms with Crippen molar-refractivity contribution in [2.24, 2.45) is 0 Å². The van der Waals surface area contributed by atoms with Crippen LogP contribution in [0.25, 0.3) is 0 Å². The maximum Gasteiger partial charge on any atom is 0.420 e. The number of nitrogens with one attached hydrogen (secondary N) is 1. The van der Waals surface area contributed by atoms with Gasteiger partial charge in [-0.25, -0.2) is 0 Å². The van der Waals surface area contributed by atoms with Gasteiger partial charge in [0.25, 0.3) is 0 Å². The van der Waals surface area contributed by atoms with Crippen LogP contribution in [0.3, 0.4) is 0 Å². The van der Waals surface area contributed by atoms with Crippen molar-refractivity contribution in [3.63, 3.8) is 0 Å². The molecule has 0 amide bonds. The van der Waals surface area contributed by atoms with Gasteiger partial charge in [0.15, 0.2) is 11.5 Å². The van der Waals surface area contributed by atoms with E-state index in [4.69, 9.17) is 9.47 Å². The number of hydrogen-bond acceptors (Lipinski definition) is 3. The molecule has 1 fully saturated rings. The lowest BCUT2D eigenvalue weighted by molar-refractivity contribution is -0.139. The highest BCUT2D eigenvalue weighted by atomic mass is 19.4. The Hall–Kier alpha value is -1.43. The summed E-state index contributed by atoms with van der Waals surface area (Å²) in [7, 11) is 0. The summed E-state index contributed by atoms with van der Waals surface area (Å²) in [5, 5.41) is 3.34. The summed E-state index contributed by atoms with van der Waals surface area (Å²) >= 11 is 0. The van der Waals surface area contributed by atoms with Crippen LogP contribution in [-0.2, 0) is 11.7 Å². The number of alkyl halides is 3. The van der Waals surface area contributed by atoms with Gasteiger partial charge in [-0.1, -0.05) is 6.07 Å². The first kappa shape index (κ1) is 13.5. The van der Waals surface area contributed by atoms with Gasteiger partial charge in [0, 0.05) is 11.1 Å². The van der Waals surface area contributed by atoms with E-state index in [2.05, 4.69) is 5.32 Å².